The van der Waals surface area contributed by atoms with Crippen molar-refractivity contribution in [2.75, 3.05) is 0 Å². The number of hydrogen-bond acceptors (Lipinski definition) is 1. The molecule has 1 atom stereocenters. The van der Waals surface area contributed by atoms with Gasteiger partial charge in [0.1, 0.15) is 0 Å². The first-order chi connectivity index (χ1) is 6.59. The summed E-state index contributed by atoms with van der Waals surface area (Å²) in [6.45, 7) is 1.94. The molecule has 3 N–H and O–H groups in total. The lowest BCUT2D eigenvalue weighted by Gasteiger charge is -2.01. The molecule has 0 fully saturated rings. The third-order valence-corrected chi connectivity index (χ3v) is 3.27. The van der Waals surface area contributed by atoms with Crippen molar-refractivity contribution in [3.05, 3.63) is 33.4 Å². The van der Waals surface area contributed by atoms with Crippen LogP contribution in [-0.2, 0) is 0 Å². The molecule has 1 unspecified atom stereocenters. The molecule has 0 aliphatic heterocycles. The Hall–Kier alpha value is -0.510. The molecular weight excluding hydrogens is 263 g/mol. The third-order valence-electron chi connectivity index (χ3n) is 2.18. The number of nitrogens with one attached hydrogen (secondary N) is 1. The molecule has 0 saturated heterocycles. The van der Waals surface area contributed by atoms with E-state index < -0.39 is 0 Å². The molecule has 2 rings (SSSR count). The monoisotopic (exact) mass is 272 g/mol. The molecule has 0 spiro atoms. The van der Waals surface area contributed by atoms with Crippen LogP contribution in [0.3, 0.4) is 0 Å². The summed E-state index contributed by atoms with van der Waals surface area (Å²) >= 11 is 9.43. The van der Waals surface area contributed by atoms with Gasteiger partial charge < -0.3 is 10.7 Å². The van der Waals surface area contributed by atoms with E-state index in [1.807, 2.05) is 25.1 Å². The van der Waals surface area contributed by atoms with E-state index in [4.69, 9.17) is 17.3 Å². The molecule has 2 nitrogen and oxygen atoms in total. The minimum Gasteiger partial charge on any atom is -0.356 e. The Labute approximate surface area is 95.6 Å². The standard InChI is InChI=1S/C10H10BrClN2/c1-5(13)10-9(11)7-4-6(12)2-3-8(7)14-10/h2-5,14H,13H2,1H3. The van der Waals surface area contributed by atoms with Crippen LogP contribution in [0.15, 0.2) is 22.7 Å². The Morgan fingerprint density at radius 2 is 2.21 bits per heavy atom. The minimum atomic E-state index is -0.0180. The molecule has 1 aromatic carbocycles. The Kier molecular flexibility index (Phi) is 2.56. The van der Waals surface area contributed by atoms with E-state index >= 15 is 0 Å². The highest BCUT2D eigenvalue weighted by Gasteiger charge is 2.11. The number of halogens is 2. The fourth-order valence-corrected chi connectivity index (χ4v) is 2.43. The normalized spacial score (nSPS) is 13.4. The molecular formula is C10H10BrClN2. The summed E-state index contributed by atoms with van der Waals surface area (Å²) in [6.07, 6.45) is 0. The zero-order valence-electron chi connectivity index (χ0n) is 7.64. The molecule has 0 radical (unpaired) electrons. The minimum absolute atomic E-state index is 0.0180. The predicted molar refractivity (Wildman–Crippen MR) is 63.6 cm³/mol. The lowest BCUT2D eigenvalue weighted by Crippen LogP contribution is -2.05. The summed E-state index contributed by atoms with van der Waals surface area (Å²) in [7, 11) is 0. The Balaban J connectivity index is 2.74. The van der Waals surface area contributed by atoms with E-state index in [2.05, 4.69) is 20.9 Å². The maximum absolute atomic E-state index is 5.91. The predicted octanol–water partition coefficient (Wildman–Crippen LogP) is 3.60. The maximum Gasteiger partial charge on any atom is 0.0478 e. The first-order valence-corrected chi connectivity index (χ1v) is 5.49. The molecule has 1 heterocycles. The average molecular weight is 274 g/mol. The van der Waals surface area contributed by atoms with Gasteiger partial charge in [0.2, 0.25) is 0 Å². The highest BCUT2D eigenvalue weighted by molar-refractivity contribution is 9.10. The number of benzene rings is 1. The van der Waals surface area contributed by atoms with Crippen LogP contribution < -0.4 is 5.73 Å². The van der Waals surface area contributed by atoms with Gasteiger partial charge in [-0.05, 0) is 41.1 Å². The summed E-state index contributed by atoms with van der Waals surface area (Å²) in [5, 5.41) is 1.80. The van der Waals surface area contributed by atoms with Gasteiger partial charge in [-0.1, -0.05) is 11.6 Å². The quantitative estimate of drug-likeness (QED) is 0.819. The lowest BCUT2D eigenvalue weighted by molar-refractivity contribution is 0.788. The number of aromatic nitrogens is 1. The molecule has 74 valence electrons. The molecule has 14 heavy (non-hydrogen) atoms. The molecule has 2 aromatic rings. The number of hydrogen-bond donors (Lipinski definition) is 2. The highest BCUT2D eigenvalue weighted by atomic mass is 79.9. The summed E-state index contributed by atoms with van der Waals surface area (Å²) in [6, 6.07) is 5.71. The lowest BCUT2D eigenvalue weighted by atomic mass is 10.2. The van der Waals surface area contributed by atoms with E-state index in [0.29, 0.717) is 0 Å². The Bertz CT molecular complexity index is 476. The third kappa shape index (κ3) is 1.56. The van der Waals surface area contributed by atoms with Crippen LogP contribution in [-0.4, -0.2) is 4.98 Å². The Morgan fingerprint density at radius 1 is 1.50 bits per heavy atom. The van der Waals surface area contributed by atoms with Crippen molar-refractivity contribution in [3.63, 3.8) is 0 Å². The first-order valence-electron chi connectivity index (χ1n) is 4.32. The second-order valence-corrected chi connectivity index (χ2v) is 4.56. The largest absolute Gasteiger partial charge is 0.356 e. The van der Waals surface area contributed by atoms with Crippen molar-refractivity contribution in [1.82, 2.24) is 4.98 Å². The van der Waals surface area contributed by atoms with E-state index in [9.17, 15) is 0 Å². The summed E-state index contributed by atoms with van der Waals surface area (Å²) < 4.78 is 1.00. The van der Waals surface area contributed by atoms with Crippen LogP contribution in [0, 0.1) is 0 Å². The molecule has 0 bridgehead atoms. The summed E-state index contributed by atoms with van der Waals surface area (Å²) in [5.41, 5.74) is 7.87. The van der Waals surface area contributed by atoms with Crippen LogP contribution in [0.1, 0.15) is 18.7 Å². The number of H-pyrrole nitrogens is 1. The highest BCUT2D eigenvalue weighted by Crippen LogP contribution is 2.32. The summed E-state index contributed by atoms with van der Waals surface area (Å²) in [5.74, 6) is 0. The molecule has 0 aliphatic rings. The van der Waals surface area contributed by atoms with Gasteiger partial charge in [0.25, 0.3) is 0 Å². The number of aromatic amines is 1. The van der Waals surface area contributed by atoms with Gasteiger partial charge in [-0.15, -0.1) is 0 Å². The van der Waals surface area contributed by atoms with Crippen LogP contribution in [0.4, 0.5) is 0 Å². The molecule has 1 aromatic heterocycles. The van der Waals surface area contributed by atoms with Crippen molar-refractivity contribution in [3.8, 4) is 0 Å². The SMILES string of the molecule is CC(N)c1[nH]c2ccc(Cl)cc2c1Br. The zero-order chi connectivity index (χ0) is 10.3. The van der Waals surface area contributed by atoms with Gasteiger partial charge in [-0.2, -0.15) is 0 Å². The van der Waals surface area contributed by atoms with Gasteiger partial charge in [0.05, 0.1) is 0 Å². The van der Waals surface area contributed by atoms with Crippen LogP contribution in [0.25, 0.3) is 10.9 Å². The van der Waals surface area contributed by atoms with E-state index in [1.54, 1.807) is 0 Å². The van der Waals surface area contributed by atoms with Crippen molar-refractivity contribution >= 4 is 38.4 Å². The van der Waals surface area contributed by atoms with Gasteiger partial charge in [-0.3, -0.25) is 0 Å². The molecule has 4 heteroatoms. The zero-order valence-corrected chi connectivity index (χ0v) is 9.98. The van der Waals surface area contributed by atoms with Gasteiger partial charge >= 0.3 is 0 Å². The fourth-order valence-electron chi connectivity index (χ4n) is 1.47. The van der Waals surface area contributed by atoms with Gasteiger partial charge in [-0.25, -0.2) is 0 Å². The van der Waals surface area contributed by atoms with Crippen molar-refractivity contribution < 1.29 is 0 Å². The van der Waals surface area contributed by atoms with Crippen LogP contribution in [0.5, 0.6) is 0 Å². The first kappa shape index (κ1) is 10.0. The van der Waals surface area contributed by atoms with Crippen molar-refractivity contribution in [2.45, 2.75) is 13.0 Å². The van der Waals surface area contributed by atoms with Crippen molar-refractivity contribution in [2.24, 2.45) is 5.73 Å². The second kappa shape index (κ2) is 3.57. The molecule has 0 amide bonds. The summed E-state index contributed by atoms with van der Waals surface area (Å²) in [4.78, 5) is 3.26. The topological polar surface area (TPSA) is 41.8 Å². The van der Waals surface area contributed by atoms with Crippen molar-refractivity contribution in [1.29, 1.82) is 0 Å². The smallest absolute Gasteiger partial charge is 0.0478 e. The van der Waals surface area contributed by atoms with Gasteiger partial charge in [0, 0.05) is 32.1 Å². The van der Waals surface area contributed by atoms with Crippen LogP contribution >= 0.6 is 27.5 Å². The van der Waals surface area contributed by atoms with E-state index in [0.717, 1.165) is 26.1 Å². The number of nitrogens with two attached hydrogens (primary N) is 1. The maximum atomic E-state index is 5.91. The Morgan fingerprint density at radius 3 is 2.86 bits per heavy atom. The van der Waals surface area contributed by atoms with Crippen LogP contribution in [0.2, 0.25) is 5.02 Å². The molecule has 0 aliphatic carbocycles. The average Bonchev–Trinajstić information content (AvgIpc) is 2.44. The van der Waals surface area contributed by atoms with E-state index in [-0.39, 0.29) is 6.04 Å². The number of fused-ring (bicyclic) bond motifs is 1. The number of rotatable bonds is 1. The second-order valence-electron chi connectivity index (χ2n) is 3.33. The van der Waals surface area contributed by atoms with E-state index in [1.165, 1.54) is 0 Å². The van der Waals surface area contributed by atoms with Gasteiger partial charge in [0.15, 0.2) is 0 Å². The molecule has 0 saturated carbocycles. The fraction of sp³-hybridized carbons (Fsp3) is 0.200.